The molecule has 0 spiro atoms. The van der Waals surface area contributed by atoms with Gasteiger partial charge in [0.15, 0.2) is 6.10 Å². The molecule has 1 unspecified atom stereocenters. The van der Waals surface area contributed by atoms with Crippen LogP contribution in [0.3, 0.4) is 0 Å². The van der Waals surface area contributed by atoms with E-state index in [1.54, 1.807) is 30.4 Å². The monoisotopic (exact) mass is 592 g/mol. The Kier molecular flexibility index (Phi) is 11.6. The highest BCUT2D eigenvalue weighted by molar-refractivity contribution is 7.10. The van der Waals surface area contributed by atoms with Crippen LogP contribution in [0.5, 0.6) is 0 Å². The van der Waals surface area contributed by atoms with Crippen molar-refractivity contribution >= 4 is 46.4 Å². The van der Waals surface area contributed by atoms with E-state index in [9.17, 15) is 24.3 Å². The molecule has 2 heterocycles. The van der Waals surface area contributed by atoms with Crippen LogP contribution in [0.1, 0.15) is 92.8 Å². The topological polar surface area (TPSA) is 139 Å². The number of carboxylic acid groups (broad SMARTS) is 1. The van der Waals surface area contributed by atoms with Crippen molar-refractivity contribution in [3.63, 3.8) is 0 Å². The SMILES string of the molecule is CC(=O)O[C@H](CC(C(C)C)N(C)C(=O)CCC1CC1)c1nc(C(=O)N[C@@H](Cc2nccs2)C[C@H](C)C(=O)O)cs1. The molecule has 0 aromatic carbocycles. The summed E-state index contributed by atoms with van der Waals surface area (Å²) in [6, 6.07) is -0.628. The Morgan fingerprint density at radius 1 is 1.18 bits per heavy atom. The van der Waals surface area contributed by atoms with Crippen molar-refractivity contribution in [1.29, 1.82) is 0 Å². The van der Waals surface area contributed by atoms with Crippen molar-refractivity contribution in [1.82, 2.24) is 20.2 Å². The number of rotatable bonds is 16. The van der Waals surface area contributed by atoms with Gasteiger partial charge < -0.3 is 20.1 Å². The number of ether oxygens (including phenoxy) is 1. The number of carbonyl (C=O) groups excluding carboxylic acids is 3. The van der Waals surface area contributed by atoms with Gasteiger partial charge in [0.25, 0.3) is 5.91 Å². The van der Waals surface area contributed by atoms with E-state index < -0.39 is 35.9 Å². The molecule has 1 aliphatic rings. The number of esters is 1. The lowest BCUT2D eigenvalue weighted by atomic mass is 9.96. The molecule has 2 aromatic rings. The molecule has 0 radical (unpaired) electrons. The molecule has 12 heteroatoms. The summed E-state index contributed by atoms with van der Waals surface area (Å²) in [6.45, 7) is 6.99. The second-order valence-electron chi connectivity index (χ2n) is 11.0. The lowest BCUT2D eigenvalue weighted by Crippen LogP contribution is -2.41. The quantitative estimate of drug-likeness (QED) is 0.267. The highest BCUT2D eigenvalue weighted by Crippen LogP contribution is 2.34. The number of carboxylic acids is 1. The summed E-state index contributed by atoms with van der Waals surface area (Å²) in [5, 5.41) is 17.0. The van der Waals surface area contributed by atoms with Crippen molar-refractivity contribution in [3.05, 3.63) is 32.7 Å². The molecule has 1 saturated carbocycles. The van der Waals surface area contributed by atoms with Gasteiger partial charge in [0.05, 0.1) is 10.9 Å². The Hall–Kier alpha value is -2.86. The van der Waals surface area contributed by atoms with Gasteiger partial charge in [-0.15, -0.1) is 22.7 Å². The maximum atomic E-state index is 13.2. The van der Waals surface area contributed by atoms with Gasteiger partial charge in [-0.2, -0.15) is 0 Å². The second-order valence-corrected chi connectivity index (χ2v) is 12.8. The van der Waals surface area contributed by atoms with E-state index in [0.717, 1.165) is 11.4 Å². The number of aromatic nitrogens is 2. The molecule has 10 nitrogen and oxygen atoms in total. The van der Waals surface area contributed by atoms with Crippen molar-refractivity contribution < 1.29 is 29.0 Å². The summed E-state index contributed by atoms with van der Waals surface area (Å²) in [5.74, 6) is -1.64. The molecule has 1 aliphatic carbocycles. The number of nitrogens with one attached hydrogen (secondary N) is 1. The van der Waals surface area contributed by atoms with Crippen LogP contribution in [0, 0.1) is 17.8 Å². The Morgan fingerprint density at radius 3 is 2.48 bits per heavy atom. The fraction of sp³-hybridized carbons (Fsp3) is 0.643. The van der Waals surface area contributed by atoms with Crippen LogP contribution < -0.4 is 5.32 Å². The lowest BCUT2D eigenvalue weighted by Gasteiger charge is -2.33. The normalized spacial score (nSPS) is 16.1. The third kappa shape index (κ3) is 9.65. The maximum Gasteiger partial charge on any atom is 0.306 e. The minimum absolute atomic E-state index is 0.0771. The Labute approximate surface area is 243 Å². The van der Waals surface area contributed by atoms with Gasteiger partial charge in [0.2, 0.25) is 5.91 Å². The lowest BCUT2D eigenvalue weighted by molar-refractivity contribution is -0.148. The van der Waals surface area contributed by atoms with E-state index in [4.69, 9.17) is 4.74 Å². The van der Waals surface area contributed by atoms with Crippen LogP contribution >= 0.6 is 22.7 Å². The number of amides is 2. The minimum Gasteiger partial charge on any atom is -0.481 e. The first-order chi connectivity index (χ1) is 18.9. The van der Waals surface area contributed by atoms with E-state index in [-0.39, 0.29) is 30.0 Å². The number of hydrogen-bond acceptors (Lipinski definition) is 9. The number of carbonyl (C=O) groups is 4. The van der Waals surface area contributed by atoms with Crippen LogP contribution in [0.15, 0.2) is 17.0 Å². The summed E-state index contributed by atoms with van der Waals surface area (Å²) >= 11 is 2.66. The third-order valence-corrected chi connectivity index (χ3v) is 8.96. The number of nitrogens with zero attached hydrogens (tertiary/aromatic N) is 3. The molecule has 40 heavy (non-hydrogen) atoms. The van der Waals surface area contributed by atoms with E-state index >= 15 is 0 Å². The molecule has 0 saturated heterocycles. The summed E-state index contributed by atoms with van der Waals surface area (Å²) in [4.78, 5) is 60.1. The molecule has 0 bridgehead atoms. The van der Waals surface area contributed by atoms with E-state index in [2.05, 4.69) is 15.3 Å². The summed E-state index contributed by atoms with van der Waals surface area (Å²) in [7, 11) is 1.80. The van der Waals surface area contributed by atoms with Gasteiger partial charge in [-0.1, -0.05) is 33.6 Å². The zero-order valence-electron chi connectivity index (χ0n) is 23.8. The average molecular weight is 593 g/mol. The summed E-state index contributed by atoms with van der Waals surface area (Å²) < 4.78 is 5.65. The second kappa shape index (κ2) is 14.7. The third-order valence-electron chi connectivity index (χ3n) is 7.22. The first kappa shape index (κ1) is 31.7. The minimum atomic E-state index is -0.936. The van der Waals surface area contributed by atoms with Crippen LogP contribution in [-0.4, -0.2) is 62.9 Å². The van der Waals surface area contributed by atoms with E-state index in [1.165, 1.54) is 42.4 Å². The molecule has 2 N–H and O–H groups in total. The molecule has 3 rings (SSSR count). The molecule has 0 aliphatic heterocycles. The van der Waals surface area contributed by atoms with Crippen LogP contribution in [0.4, 0.5) is 0 Å². The largest absolute Gasteiger partial charge is 0.481 e. The van der Waals surface area contributed by atoms with Crippen molar-refractivity contribution in [3.8, 4) is 0 Å². The van der Waals surface area contributed by atoms with E-state index in [1.807, 2.05) is 19.2 Å². The predicted octanol–water partition coefficient (Wildman–Crippen LogP) is 4.72. The Bertz CT molecular complexity index is 1150. The predicted molar refractivity (Wildman–Crippen MR) is 153 cm³/mol. The number of hydrogen-bond donors (Lipinski definition) is 2. The van der Waals surface area contributed by atoms with Gasteiger partial charge in [0, 0.05) is 62.3 Å². The molecule has 2 amide bonds. The van der Waals surface area contributed by atoms with Gasteiger partial charge in [-0.25, -0.2) is 9.97 Å². The van der Waals surface area contributed by atoms with Crippen molar-refractivity contribution in [2.24, 2.45) is 17.8 Å². The maximum absolute atomic E-state index is 13.2. The van der Waals surface area contributed by atoms with E-state index in [0.29, 0.717) is 30.2 Å². The fourth-order valence-corrected chi connectivity index (χ4v) is 6.21. The Morgan fingerprint density at radius 2 is 1.90 bits per heavy atom. The number of aliphatic carboxylic acids is 1. The van der Waals surface area contributed by atoms with Crippen LogP contribution in [-0.2, 0) is 25.5 Å². The molecular weight excluding hydrogens is 552 g/mol. The van der Waals surface area contributed by atoms with Crippen LogP contribution in [0.25, 0.3) is 0 Å². The van der Waals surface area contributed by atoms with Gasteiger partial charge in [-0.05, 0) is 24.7 Å². The van der Waals surface area contributed by atoms with Crippen LogP contribution in [0.2, 0.25) is 0 Å². The molecule has 220 valence electrons. The zero-order chi connectivity index (χ0) is 29.4. The van der Waals surface area contributed by atoms with Crippen molar-refractivity contribution in [2.45, 2.75) is 90.8 Å². The Balaban J connectivity index is 1.72. The molecule has 2 aromatic heterocycles. The average Bonchev–Trinajstić information content (AvgIpc) is 3.33. The summed E-state index contributed by atoms with van der Waals surface area (Å²) in [6.07, 6.45) is 5.77. The standard InChI is InChI=1S/C28H40N4O6S2/c1-16(2)22(32(5)25(34)9-8-19-6-7-19)14-23(38-18(4)33)27-31-21(15-40-27)26(35)30-20(12-17(3)28(36)37)13-24-29-10-11-39-24/h10-11,15-17,19-20,22-23H,6-9,12-14H2,1-5H3,(H,30,35)(H,36,37)/t17-,20+,22?,23+/m0/s1. The first-order valence-corrected chi connectivity index (χ1v) is 15.5. The zero-order valence-corrected chi connectivity index (χ0v) is 25.4. The molecule has 4 atom stereocenters. The van der Waals surface area contributed by atoms with Crippen molar-refractivity contribution in [2.75, 3.05) is 7.05 Å². The summed E-state index contributed by atoms with van der Waals surface area (Å²) in [5.41, 5.74) is 0.166. The number of thiazole rings is 2. The smallest absolute Gasteiger partial charge is 0.306 e. The molecule has 1 fully saturated rings. The van der Waals surface area contributed by atoms with Gasteiger partial charge >= 0.3 is 11.9 Å². The fourth-order valence-electron chi connectivity index (χ4n) is 4.68. The first-order valence-electron chi connectivity index (χ1n) is 13.7. The highest BCUT2D eigenvalue weighted by Gasteiger charge is 2.32. The molecular formula is C28H40N4O6S2. The van der Waals surface area contributed by atoms with Gasteiger partial charge in [0.1, 0.15) is 10.7 Å². The van der Waals surface area contributed by atoms with Gasteiger partial charge in [-0.3, -0.25) is 19.2 Å². The highest BCUT2D eigenvalue weighted by atomic mass is 32.1.